The molecular formula is C19H15N9OS. The van der Waals surface area contributed by atoms with Crippen molar-refractivity contribution in [3.05, 3.63) is 60.8 Å². The quantitative estimate of drug-likeness (QED) is 0.401. The van der Waals surface area contributed by atoms with Gasteiger partial charge in [0.15, 0.2) is 5.01 Å². The van der Waals surface area contributed by atoms with Gasteiger partial charge in [0.2, 0.25) is 5.13 Å². The SMILES string of the molecule is Cn1cc(C(=O)Nc2cncc(-c3nnc(Nc4ccc5[nH]ncc5c4)s3)c2)cn1. The zero-order valence-electron chi connectivity index (χ0n) is 15.7. The monoisotopic (exact) mass is 417 g/mol. The van der Waals surface area contributed by atoms with Crippen molar-refractivity contribution in [1.82, 2.24) is 35.2 Å². The summed E-state index contributed by atoms with van der Waals surface area (Å²) in [5, 5.41) is 27.8. The van der Waals surface area contributed by atoms with E-state index in [1.807, 2.05) is 24.3 Å². The summed E-state index contributed by atoms with van der Waals surface area (Å²) >= 11 is 1.39. The maximum atomic E-state index is 12.3. The summed E-state index contributed by atoms with van der Waals surface area (Å²) in [7, 11) is 1.76. The van der Waals surface area contributed by atoms with Crippen molar-refractivity contribution >= 4 is 44.7 Å². The molecule has 1 amide bonds. The Balaban J connectivity index is 1.33. The zero-order valence-corrected chi connectivity index (χ0v) is 16.5. The second-order valence-electron chi connectivity index (χ2n) is 6.53. The Kier molecular flexibility index (Phi) is 4.41. The predicted octanol–water partition coefficient (Wildman–Crippen LogP) is 3.21. The van der Waals surface area contributed by atoms with Gasteiger partial charge in [-0.15, -0.1) is 10.2 Å². The largest absolute Gasteiger partial charge is 0.330 e. The van der Waals surface area contributed by atoms with Crippen LogP contribution in [-0.4, -0.2) is 41.1 Å². The van der Waals surface area contributed by atoms with Crippen LogP contribution in [0.1, 0.15) is 10.4 Å². The molecule has 0 aliphatic heterocycles. The van der Waals surface area contributed by atoms with Gasteiger partial charge in [-0.25, -0.2) is 0 Å². The number of pyridine rings is 1. The van der Waals surface area contributed by atoms with E-state index in [9.17, 15) is 4.79 Å². The smallest absolute Gasteiger partial charge is 0.258 e. The number of carbonyl (C=O) groups is 1. The first-order valence-electron chi connectivity index (χ1n) is 8.93. The third kappa shape index (κ3) is 3.61. The van der Waals surface area contributed by atoms with E-state index in [4.69, 9.17) is 0 Å². The van der Waals surface area contributed by atoms with E-state index in [1.165, 1.54) is 17.5 Å². The summed E-state index contributed by atoms with van der Waals surface area (Å²) in [6.07, 6.45) is 8.19. The van der Waals surface area contributed by atoms with E-state index >= 15 is 0 Å². The minimum atomic E-state index is -0.253. The lowest BCUT2D eigenvalue weighted by Gasteiger charge is -2.04. The highest BCUT2D eigenvalue weighted by atomic mass is 32.1. The number of fused-ring (bicyclic) bond motifs is 1. The van der Waals surface area contributed by atoms with Crippen molar-refractivity contribution in [1.29, 1.82) is 0 Å². The molecule has 0 bridgehead atoms. The Morgan fingerprint density at radius 2 is 2.03 bits per heavy atom. The topological polar surface area (TPSA) is 126 Å². The number of amides is 1. The Bertz CT molecular complexity index is 1350. The summed E-state index contributed by atoms with van der Waals surface area (Å²) in [4.78, 5) is 16.5. The molecule has 0 aliphatic rings. The summed E-state index contributed by atoms with van der Waals surface area (Å²) in [5.74, 6) is -0.253. The number of aromatic amines is 1. The first-order chi connectivity index (χ1) is 14.6. The highest BCUT2D eigenvalue weighted by Crippen LogP contribution is 2.30. The van der Waals surface area contributed by atoms with E-state index in [1.54, 1.807) is 36.5 Å². The zero-order chi connectivity index (χ0) is 20.5. The van der Waals surface area contributed by atoms with Gasteiger partial charge >= 0.3 is 0 Å². The average Bonchev–Trinajstić information content (AvgIpc) is 3.49. The van der Waals surface area contributed by atoms with Crippen LogP contribution in [0.4, 0.5) is 16.5 Å². The van der Waals surface area contributed by atoms with Crippen molar-refractivity contribution in [2.75, 3.05) is 10.6 Å². The van der Waals surface area contributed by atoms with Crippen molar-refractivity contribution in [3.63, 3.8) is 0 Å². The van der Waals surface area contributed by atoms with Gasteiger partial charge in [0.1, 0.15) is 0 Å². The summed E-state index contributed by atoms with van der Waals surface area (Å²) in [5.41, 5.74) is 3.66. The van der Waals surface area contributed by atoms with Crippen molar-refractivity contribution in [2.24, 2.45) is 7.05 Å². The average molecular weight is 417 g/mol. The van der Waals surface area contributed by atoms with Crippen LogP contribution in [0.2, 0.25) is 0 Å². The van der Waals surface area contributed by atoms with Crippen LogP contribution in [0, 0.1) is 0 Å². The normalized spacial score (nSPS) is 11.0. The van der Waals surface area contributed by atoms with Crippen LogP contribution in [-0.2, 0) is 7.05 Å². The van der Waals surface area contributed by atoms with Gasteiger partial charge in [-0.05, 0) is 24.3 Å². The first-order valence-corrected chi connectivity index (χ1v) is 9.75. The highest BCUT2D eigenvalue weighted by Gasteiger charge is 2.12. The molecule has 0 fully saturated rings. The Labute approximate surface area is 174 Å². The van der Waals surface area contributed by atoms with E-state index in [-0.39, 0.29) is 5.91 Å². The molecule has 5 aromatic rings. The lowest BCUT2D eigenvalue weighted by atomic mass is 10.2. The molecule has 0 unspecified atom stereocenters. The fourth-order valence-electron chi connectivity index (χ4n) is 2.90. The van der Waals surface area contributed by atoms with Crippen LogP contribution in [0.15, 0.2) is 55.2 Å². The van der Waals surface area contributed by atoms with Gasteiger partial charge in [-0.1, -0.05) is 11.3 Å². The lowest BCUT2D eigenvalue weighted by Crippen LogP contribution is -2.11. The Hall–Kier alpha value is -4.12. The number of hydrogen-bond donors (Lipinski definition) is 3. The number of benzene rings is 1. The van der Waals surface area contributed by atoms with Crippen LogP contribution < -0.4 is 10.6 Å². The number of aryl methyl sites for hydroxylation is 1. The number of carbonyl (C=O) groups excluding carboxylic acids is 1. The minimum absolute atomic E-state index is 0.253. The molecule has 4 aromatic heterocycles. The highest BCUT2D eigenvalue weighted by molar-refractivity contribution is 7.18. The van der Waals surface area contributed by atoms with Crippen LogP contribution in [0.5, 0.6) is 0 Å². The fourth-order valence-corrected chi connectivity index (χ4v) is 3.65. The molecule has 0 atom stereocenters. The number of nitrogens with zero attached hydrogens (tertiary/aromatic N) is 6. The van der Waals surface area contributed by atoms with Crippen molar-refractivity contribution in [3.8, 4) is 10.6 Å². The number of nitrogens with one attached hydrogen (secondary N) is 3. The van der Waals surface area contributed by atoms with Gasteiger partial charge in [0.25, 0.3) is 5.91 Å². The van der Waals surface area contributed by atoms with Gasteiger partial charge in [-0.3, -0.25) is 19.6 Å². The molecule has 0 saturated carbocycles. The molecule has 3 N–H and O–H groups in total. The number of aromatic nitrogens is 7. The van der Waals surface area contributed by atoms with Crippen molar-refractivity contribution in [2.45, 2.75) is 0 Å². The van der Waals surface area contributed by atoms with E-state index in [2.05, 4.69) is 41.1 Å². The van der Waals surface area contributed by atoms with E-state index in [0.29, 0.717) is 21.4 Å². The molecule has 148 valence electrons. The molecule has 11 heteroatoms. The second-order valence-corrected chi connectivity index (χ2v) is 7.51. The van der Waals surface area contributed by atoms with Crippen LogP contribution in [0.25, 0.3) is 21.5 Å². The molecule has 0 radical (unpaired) electrons. The summed E-state index contributed by atoms with van der Waals surface area (Å²) in [6.45, 7) is 0. The van der Waals surface area contributed by atoms with Crippen LogP contribution in [0.3, 0.4) is 0 Å². The Morgan fingerprint density at radius 3 is 2.90 bits per heavy atom. The lowest BCUT2D eigenvalue weighted by molar-refractivity contribution is 0.102. The third-order valence-corrected chi connectivity index (χ3v) is 5.21. The number of H-pyrrole nitrogens is 1. The van der Waals surface area contributed by atoms with Crippen molar-refractivity contribution < 1.29 is 4.79 Å². The minimum Gasteiger partial charge on any atom is -0.330 e. The molecule has 5 rings (SSSR count). The van der Waals surface area contributed by atoms with Gasteiger partial charge in [0, 0.05) is 36.1 Å². The van der Waals surface area contributed by atoms with Gasteiger partial charge < -0.3 is 10.6 Å². The first kappa shape index (κ1) is 17.9. The number of anilines is 3. The number of rotatable bonds is 5. The third-order valence-electron chi connectivity index (χ3n) is 4.33. The Morgan fingerprint density at radius 1 is 1.10 bits per heavy atom. The van der Waals surface area contributed by atoms with Gasteiger partial charge in [0.05, 0.1) is 35.4 Å². The van der Waals surface area contributed by atoms with Crippen LogP contribution >= 0.6 is 11.3 Å². The predicted molar refractivity (Wildman–Crippen MR) is 114 cm³/mol. The molecule has 0 saturated heterocycles. The summed E-state index contributed by atoms with van der Waals surface area (Å²) in [6, 6.07) is 7.68. The molecule has 4 heterocycles. The number of hydrogen-bond acceptors (Lipinski definition) is 8. The fraction of sp³-hybridized carbons (Fsp3) is 0.0526. The molecule has 30 heavy (non-hydrogen) atoms. The second kappa shape index (κ2) is 7.37. The molecular weight excluding hydrogens is 402 g/mol. The maximum absolute atomic E-state index is 12.3. The molecule has 0 spiro atoms. The van der Waals surface area contributed by atoms with E-state index < -0.39 is 0 Å². The maximum Gasteiger partial charge on any atom is 0.258 e. The molecule has 10 nitrogen and oxygen atoms in total. The molecule has 0 aliphatic carbocycles. The van der Waals surface area contributed by atoms with Gasteiger partial charge in [-0.2, -0.15) is 10.2 Å². The van der Waals surface area contributed by atoms with E-state index in [0.717, 1.165) is 22.2 Å². The summed E-state index contributed by atoms with van der Waals surface area (Å²) < 4.78 is 1.57. The molecule has 1 aromatic carbocycles. The standard InChI is InChI=1S/C19H15N9OS/c1-28-10-13(8-22-28)17(29)23-15-5-12(6-20-9-15)18-26-27-19(30-18)24-14-2-3-16-11(4-14)7-21-25-16/h2-10H,1H3,(H,21,25)(H,23,29)(H,24,27).